The van der Waals surface area contributed by atoms with Crippen molar-refractivity contribution in [3.63, 3.8) is 0 Å². The predicted octanol–water partition coefficient (Wildman–Crippen LogP) is 0.584. The van der Waals surface area contributed by atoms with Crippen LogP contribution < -0.4 is 11.1 Å². The molecule has 0 bridgehead atoms. The molecular formula is C12H22N4O. The normalized spacial score (nSPS) is 12.5. The van der Waals surface area contributed by atoms with Gasteiger partial charge in [-0.3, -0.25) is 9.48 Å². The SMILES string of the molecule is CCc1nn(C)cc1CNC(=O)C(CC)CN. The third kappa shape index (κ3) is 3.56. The van der Waals surface area contributed by atoms with Gasteiger partial charge in [0.25, 0.3) is 0 Å². The van der Waals surface area contributed by atoms with Gasteiger partial charge in [0.15, 0.2) is 0 Å². The highest BCUT2D eigenvalue weighted by Gasteiger charge is 2.15. The van der Waals surface area contributed by atoms with E-state index in [1.54, 1.807) is 4.68 Å². The van der Waals surface area contributed by atoms with Crippen molar-refractivity contribution in [1.82, 2.24) is 15.1 Å². The number of hydrogen-bond acceptors (Lipinski definition) is 3. The molecule has 17 heavy (non-hydrogen) atoms. The molecule has 3 N–H and O–H groups in total. The molecule has 5 nitrogen and oxygen atoms in total. The third-order valence-corrected chi connectivity index (χ3v) is 2.93. The van der Waals surface area contributed by atoms with Crippen molar-refractivity contribution in [2.45, 2.75) is 33.2 Å². The summed E-state index contributed by atoms with van der Waals surface area (Å²) >= 11 is 0. The zero-order valence-corrected chi connectivity index (χ0v) is 10.9. The fourth-order valence-corrected chi connectivity index (χ4v) is 1.81. The van der Waals surface area contributed by atoms with Gasteiger partial charge in [-0.2, -0.15) is 5.10 Å². The first-order chi connectivity index (χ1) is 8.12. The maximum absolute atomic E-state index is 11.8. The van der Waals surface area contributed by atoms with Crippen molar-refractivity contribution in [1.29, 1.82) is 0 Å². The van der Waals surface area contributed by atoms with E-state index < -0.39 is 0 Å². The van der Waals surface area contributed by atoms with Crippen LogP contribution in [0.5, 0.6) is 0 Å². The fourth-order valence-electron chi connectivity index (χ4n) is 1.81. The van der Waals surface area contributed by atoms with E-state index in [1.165, 1.54) is 0 Å². The Morgan fingerprint density at radius 1 is 1.59 bits per heavy atom. The lowest BCUT2D eigenvalue weighted by Gasteiger charge is -2.12. The molecule has 0 aliphatic rings. The molecule has 1 aromatic heterocycles. The molecule has 5 heteroatoms. The number of amides is 1. The summed E-state index contributed by atoms with van der Waals surface area (Å²) in [6.45, 7) is 4.96. The van der Waals surface area contributed by atoms with E-state index in [2.05, 4.69) is 17.3 Å². The summed E-state index contributed by atoms with van der Waals surface area (Å²) in [4.78, 5) is 11.8. The first-order valence-corrected chi connectivity index (χ1v) is 6.11. The molecule has 1 unspecified atom stereocenters. The van der Waals surface area contributed by atoms with Crippen LogP contribution in [0.3, 0.4) is 0 Å². The molecule has 1 rings (SSSR count). The molecule has 1 aromatic rings. The zero-order chi connectivity index (χ0) is 12.8. The smallest absolute Gasteiger partial charge is 0.224 e. The number of nitrogens with one attached hydrogen (secondary N) is 1. The van der Waals surface area contributed by atoms with E-state index in [-0.39, 0.29) is 11.8 Å². The molecule has 0 saturated carbocycles. The Hall–Kier alpha value is -1.36. The molecule has 0 aromatic carbocycles. The van der Waals surface area contributed by atoms with Crippen LogP contribution in [0.4, 0.5) is 0 Å². The zero-order valence-electron chi connectivity index (χ0n) is 10.9. The summed E-state index contributed by atoms with van der Waals surface area (Å²) in [6, 6.07) is 0. The van der Waals surface area contributed by atoms with E-state index in [0.717, 1.165) is 24.1 Å². The van der Waals surface area contributed by atoms with Crippen LogP contribution in [0.15, 0.2) is 6.20 Å². The minimum absolute atomic E-state index is 0.0286. The highest BCUT2D eigenvalue weighted by atomic mass is 16.1. The first-order valence-electron chi connectivity index (χ1n) is 6.11. The molecular weight excluding hydrogens is 216 g/mol. The van der Waals surface area contributed by atoms with Crippen LogP contribution in [0.25, 0.3) is 0 Å². The lowest BCUT2D eigenvalue weighted by molar-refractivity contribution is -0.124. The van der Waals surface area contributed by atoms with Gasteiger partial charge < -0.3 is 11.1 Å². The second-order valence-corrected chi connectivity index (χ2v) is 4.19. The van der Waals surface area contributed by atoms with E-state index >= 15 is 0 Å². The quantitative estimate of drug-likeness (QED) is 0.761. The Labute approximate surface area is 102 Å². The number of nitrogens with two attached hydrogens (primary N) is 1. The Morgan fingerprint density at radius 3 is 2.82 bits per heavy atom. The highest BCUT2D eigenvalue weighted by Crippen LogP contribution is 2.07. The van der Waals surface area contributed by atoms with Crippen molar-refractivity contribution < 1.29 is 4.79 Å². The molecule has 1 amide bonds. The van der Waals surface area contributed by atoms with Crippen LogP contribution in [-0.2, 0) is 24.8 Å². The van der Waals surface area contributed by atoms with Gasteiger partial charge in [0.05, 0.1) is 5.69 Å². The van der Waals surface area contributed by atoms with E-state index in [4.69, 9.17) is 5.73 Å². The van der Waals surface area contributed by atoms with Gasteiger partial charge in [0.1, 0.15) is 0 Å². The summed E-state index contributed by atoms with van der Waals surface area (Å²) in [6.07, 6.45) is 3.60. The summed E-state index contributed by atoms with van der Waals surface area (Å²) in [7, 11) is 1.89. The molecule has 0 saturated heterocycles. The molecule has 96 valence electrons. The summed E-state index contributed by atoms with van der Waals surface area (Å²) in [5.74, 6) is -0.0577. The standard InChI is InChI=1S/C12H22N4O/c1-4-9(6-13)12(17)14-7-10-8-16(3)15-11(10)5-2/h8-9H,4-7,13H2,1-3H3,(H,14,17). The molecule has 0 fully saturated rings. The minimum atomic E-state index is -0.0863. The van der Waals surface area contributed by atoms with E-state index in [9.17, 15) is 4.79 Å². The lowest BCUT2D eigenvalue weighted by atomic mass is 10.1. The van der Waals surface area contributed by atoms with Crippen LogP contribution in [0.1, 0.15) is 31.5 Å². The highest BCUT2D eigenvalue weighted by molar-refractivity contribution is 5.78. The Balaban J connectivity index is 2.57. The van der Waals surface area contributed by atoms with Gasteiger partial charge in [-0.15, -0.1) is 0 Å². The summed E-state index contributed by atoms with van der Waals surface area (Å²) < 4.78 is 1.78. The van der Waals surface area contributed by atoms with Gasteiger partial charge in [-0.25, -0.2) is 0 Å². The van der Waals surface area contributed by atoms with Gasteiger partial charge in [0.2, 0.25) is 5.91 Å². The van der Waals surface area contributed by atoms with Gasteiger partial charge >= 0.3 is 0 Å². The fraction of sp³-hybridized carbons (Fsp3) is 0.667. The van der Waals surface area contributed by atoms with E-state index in [1.807, 2.05) is 20.2 Å². The summed E-state index contributed by atoms with van der Waals surface area (Å²) in [5.41, 5.74) is 7.65. The largest absolute Gasteiger partial charge is 0.352 e. The predicted molar refractivity (Wildman–Crippen MR) is 67.3 cm³/mol. The third-order valence-electron chi connectivity index (χ3n) is 2.93. The number of nitrogens with zero attached hydrogens (tertiary/aromatic N) is 2. The molecule has 0 aliphatic heterocycles. The topological polar surface area (TPSA) is 72.9 Å². The van der Waals surface area contributed by atoms with Crippen LogP contribution in [0.2, 0.25) is 0 Å². The molecule has 0 radical (unpaired) electrons. The van der Waals surface area contributed by atoms with Crippen LogP contribution >= 0.6 is 0 Å². The van der Waals surface area contributed by atoms with Crippen molar-refractivity contribution >= 4 is 5.91 Å². The van der Waals surface area contributed by atoms with E-state index in [0.29, 0.717) is 13.1 Å². The monoisotopic (exact) mass is 238 g/mol. The lowest BCUT2D eigenvalue weighted by Crippen LogP contribution is -2.34. The van der Waals surface area contributed by atoms with Crippen molar-refractivity contribution in [2.75, 3.05) is 6.54 Å². The van der Waals surface area contributed by atoms with Gasteiger partial charge in [-0.05, 0) is 12.8 Å². The van der Waals surface area contributed by atoms with Gasteiger partial charge in [0, 0.05) is 37.8 Å². The van der Waals surface area contributed by atoms with Crippen LogP contribution in [0, 0.1) is 5.92 Å². The average Bonchev–Trinajstić information content (AvgIpc) is 2.68. The number of aryl methyl sites for hydroxylation is 2. The van der Waals surface area contributed by atoms with Crippen LogP contribution in [-0.4, -0.2) is 22.2 Å². The second kappa shape index (κ2) is 6.39. The number of aromatic nitrogens is 2. The average molecular weight is 238 g/mol. The first kappa shape index (κ1) is 13.7. The Bertz CT molecular complexity index is 369. The van der Waals surface area contributed by atoms with Crippen molar-refractivity contribution in [2.24, 2.45) is 18.7 Å². The number of hydrogen-bond donors (Lipinski definition) is 2. The van der Waals surface area contributed by atoms with Crippen molar-refractivity contribution in [3.05, 3.63) is 17.5 Å². The maximum atomic E-state index is 11.8. The molecule has 0 aliphatic carbocycles. The Morgan fingerprint density at radius 2 is 2.29 bits per heavy atom. The Kier molecular flexibility index (Phi) is 5.15. The number of carbonyl (C=O) groups excluding carboxylic acids is 1. The number of carbonyl (C=O) groups is 1. The van der Waals surface area contributed by atoms with Crippen molar-refractivity contribution in [3.8, 4) is 0 Å². The minimum Gasteiger partial charge on any atom is -0.352 e. The molecule has 1 atom stereocenters. The molecule has 0 spiro atoms. The van der Waals surface area contributed by atoms with Gasteiger partial charge in [-0.1, -0.05) is 13.8 Å². The second-order valence-electron chi connectivity index (χ2n) is 4.19. The molecule has 1 heterocycles. The summed E-state index contributed by atoms with van der Waals surface area (Å²) in [5, 5.41) is 7.25. The maximum Gasteiger partial charge on any atom is 0.224 e. The number of rotatable bonds is 6.